The number of hydrogen-bond acceptors (Lipinski definition) is 6. The smallest absolute Gasteiger partial charge is 0.280 e. The quantitative estimate of drug-likeness (QED) is 0.546. The molecule has 4 N–H and O–H groups in total. The largest absolute Gasteiger partial charge is 0.393 e. The maximum Gasteiger partial charge on any atom is 0.280 e. The molecule has 1 rings (SSSR count). The van der Waals surface area contributed by atoms with Gasteiger partial charge in [0.05, 0.1) is 6.10 Å². The molecule has 0 aliphatic heterocycles. The Labute approximate surface area is 116 Å². The summed E-state index contributed by atoms with van der Waals surface area (Å²) in [7, 11) is 0. The molecule has 0 saturated heterocycles. The molecule has 0 radical (unpaired) electrons. The number of hydrogen-bond donors (Lipinski definition) is 4. The molecule has 110 valence electrons. The summed E-state index contributed by atoms with van der Waals surface area (Å²) >= 11 is 0. The van der Waals surface area contributed by atoms with Crippen LogP contribution >= 0.6 is 0 Å². The van der Waals surface area contributed by atoms with Gasteiger partial charge in [0, 0.05) is 13.5 Å². The van der Waals surface area contributed by atoms with Crippen LogP contribution in [0.25, 0.3) is 0 Å². The highest BCUT2D eigenvalue weighted by Gasteiger charge is 2.11. The number of amides is 1. The van der Waals surface area contributed by atoms with E-state index >= 15 is 0 Å². The van der Waals surface area contributed by atoms with Crippen LogP contribution in [-0.2, 0) is 4.79 Å². The van der Waals surface area contributed by atoms with Gasteiger partial charge in [-0.05, 0) is 19.6 Å². The predicted octanol–water partition coefficient (Wildman–Crippen LogP) is 0.633. The highest BCUT2D eigenvalue weighted by Crippen LogP contribution is 2.18. The fourth-order valence-corrected chi connectivity index (χ4v) is 1.52. The van der Waals surface area contributed by atoms with E-state index in [0.29, 0.717) is 19.4 Å². The summed E-state index contributed by atoms with van der Waals surface area (Å²) in [6.07, 6.45) is 0.741. The van der Waals surface area contributed by atoms with Gasteiger partial charge in [-0.2, -0.15) is 4.98 Å². The summed E-state index contributed by atoms with van der Waals surface area (Å²) in [6.45, 7) is 6.93. The molecule has 0 aliphatic carbocycles. The zero-order valence-electron chi connectivity index (χ0n) is 11.6. The SMILES string of the molecule is C=Nc1c(NCCC(O)CC)nc(NC(C)=O)[nH]c1=O. The predicted molar refractivity (Wildman–Crippen MR) is 77.8 cm³/mol. The van der Waals surface area contributed by atoms with Crippen molar-refractivity contribution in [3.05, 3.63) is 10.4 Å². The first-order valence-electron chi connectivity index (χ1n) is 6.28. The first-order valence-corrected chi connectivity index (χ1v) is 6.28. The van der Waals surface area contributed by atoms with Crippen LogP contribution in [0.3, 0.4) is 0 Å². The normalized spacial score (nSPS) is 11.8. The van der Waals surface area contributed by atoms with Crippen molar-refractivity contribution in [3.8, 4) is 0 Å². The van der Waals surface area contributed by atoms with E-state index in [-0.39, 0.29) is 23.4 Å². The number of rotatable bonds is 7. The lowest BCUT2D eigenvalue weighted by Crippen LogP contribution is -2.19. The van der Waals surface area contributed by atoms with Gasteiger partial charge >= 0.3 is 0 Å². The second-order valence-corrected chi connectivity index (χ2v) is 4.23. The first-order chi connectivity index (χ1) is 9.47. The lowest BCUT2D eigenvalue weighted by Gasteiger charge is -2.11. The molecular weight excluding hydrogens is 262 g/mol. The van der Waals surface area contributed by atoms with E-state index in [1.165, 1.54) is 6.92 Å². The van der Waals surface area contributed by atoms with Crippen molar-refractivity contribution < 1.29 is 9.90 Å². The number of carbonyl (C=O) groups excluding carboxylic acids is 1. The van der Waals surface area contributed by atoms with Gasteiger partial charge in [-0.1, -0.05) is 6.92 Å². The van der Waals surface area contributed by atoms with E-state index in [2.05, 4.69) is 32.3 Å². The van der Waals surface area contributed by atoms with Gasteiger partial charge in [0.1, 0.15) is 0 Å². The standard InChI is InChI=1S/C12H19N5O3/c1-4-8(19)5-6-14-10-9(13-3)11(20)17-12(16-10)15-7(2)18/h8,19H,3-6H2,1-2H3,(H3,14,15,16,17,18,20). The molecule has 8 nitrogen and oxygen atoms in total. The minimum absolute atomic E-state index is 0.0356. The second-order valence-electron chi connectivity index (χ2n) is 4.23. The summed E-state index contributed by atoms with van der Waals surface area (Å²) in [4.78, 5) is 32.8. The van der Waals surface area contributed by atoms with Crippen LogP contribution in [0.2, 0.25) is 0 Å². The zero-order valence-corrected chi connectivity index (χ0v) is 11.6. The molecule has 0 spiro atoms. The van der Waals surface area contributed by atoms with Crippen molar-refractivity contribution in [2.24, 2.45) is 4.99 Å². The van der Waals surface area contributed by atoms with Crippen LogP contribution in [0, 0.1) is 0 Å². The topological polar surface area (TPSA) is 119 Å². The van der Waals surface area contributed by atoms with Gasteiger partial charge in [-0.25, -0.2) is 0 Å². The molecule has 1 heterocycles. The number of aliphatic hydroxyl groups is 1. The van der Waals surface area contributed by atoms with Crippen molar-refractivity contribution in [2.75, 3.05) is 17.2 Å². The number of aromatic amines is 1. The van der Waals surface area contributed by atoms with Gasteiger partial charge in [0.15, 0.2) is 11.5 Å². The number of aliphatic hydroxyl groups excluding tert-OH is 1. The number of carbonyl (C=O) groups is 1. The van der Waals surface area contributed by atoms with Crippen LogP contribution in [0.4, 0.5) is 17.5 Å². The molecule has 0 fully saturated rings. The molecule has 0 bridgehead atoms. The van der Waals surface area contributed by atoms with E-state index in [1.54, 1.807) is 0 Å². The van der Waals surface area contributed by atoms with Crippen LogP contribution in [0.1, 0.15) is 26.7 Å². The summed E-state index contributed by atoms with van der Waals surface area (Å²) in [6, 6.07) is 0. The fraction of sp³-hybridized carbons (Fsp3) is 0.500. The molecule has 0 aliphatic rings. The van der Waals surface area contributed by atoms with Crippen molar-refractivity contribution >= 4 is 30.1 Å². The Kier molecular flexibility index (Phi) is 5.85. The third-order valence-electron chi connectivity index (χ3n) is 2.59. The highest BCUT2D eigenvalue weighted by atomic mass is 16.3. The number of nitrogens with zero attached hydrogens (tertiary/aromatic N) is 2. The van der Waals surface area contributed by atoms with Gasteiger partial charge < -0.3 is 10.4 Å². The van der Waals surface area contributed by atoms with E-state index in [1.807, 2.05) is 6.92 Å². The number of aliphatic imine (C=N–C) groups is 1. The molecule has 1 amide bonds. The van der Waals surface area contributed by atoms with Crippen molar-refractivity contribution in [1.82, 2.24) is 9.97 Å². The van der Waals surface area contributed by atoms with Gasteiger partial charge in [0.2, 0.25) is 11.9 Å². The van der Waals surface area contributed by atoms with Crippen molar-refractivity contribution in [2.45, 2.75) is 32.8 Å². The molecule has 20 heavy (non-hydrogen) atoms. The molecule has 1 aromatic heterocycles. The van der Waals surface area contributed by atoms with E-state index in [4.69, 9.17) is 0 Å². The van der Waals surface area contributed by atoms with Gasteiger partial charge in [-0.15, -0.1) is 0 Å². The number of aromatic nitrogens is 2. The Balaban J connectivity index is 2.91. The van der Waals surface area contributed by atoms with Crippen molar-refractivity contribution in [3.63, 3.8) is 0 Å². The lowest BCUT2D eigenvalue weighted by molar-refractivity contribution is -0.114. The second kappa shape index (κ2) is 7.39. The number of nitrogens with one attached hydrogen (secondary N) is 3. The van der Waals surface area contributed by atoms with E-state index < -0.39 is 11.7 Å². The summed E-state index contributed by atoms with van der Waals surface area (Å²) in [5.74, 6) is -0.0935. The Hall–Kier alpha value is -2.22. The number of anilines is 2. The molecule has 8 heteroatoms. The highest BCUT2D eigenvalue weighted by molar-refractivity contribution is 5.87. The van der Waals surface area contributed by atoms with Crippen LogP contribution in [0.5, 0.6) is 0 Å². The van der Waals surface area contributed by atoms with Crippen molar-refractivity contribution in [1.29, 1.82) is 0 Å². The zero-order chi connectivity index (χ0) is 15.1. The minimum Gasteiger partial charge on any atom is -0.393 e. The van der Waals surface area contributed by atoms with Crippen LogP contribution in [0.15, 0.2) is 9.79 Å². The molecule has 0 saturated carbocycles. The summed E-state index contributed by atoms with van der Waals surface area (Å²) < 4.78 is 0. The Morgan fingerprint density at radius 1 is 1.60 bits per heavy atom. The van der Waals surface area contributed by atoms with E-state index in [0.717, 1.165) is 0 Å². The Morgan fingerprint density at radius 2 is 2.30 bits per heavy atom. The summed E-state index contributed by atoms with van der Waals surface area (Å²) in [5.41, 5.74) is -0.456. The number of H-pyrrole nitrogens is 1. The molecule has 1 aromatic rings. The molecular formula is C12H19N5O3. The average molecular weight is 281 g/mol. The third-order valence-corrected chi connectivity index (χ3v) is 2.59. The minimum atomic E-state index is -0.503. The van der Waals surface area contributed by atoms with Crippen LogP contribution < -0.4 is 16.2 Å². The lowest BCUT2D eigenvalue weighted by atomic mass is 10.2. The average Bonchev–Trinajstić information content (AvgIpc) is 2.37. The Bertz CT molecular complexity index is 540. The van der Waals surface area contributed by atoms with Gasteiger partial charge in [-0.3, -0.25) is 24.9 Å². The van der Waals surface area contributed by atoms with Crippen LogP contribution in [-0.4, -0.2) is 40.3 Å². The third kappa shape index (κ3) is 4.47. The van der Waals surface area contributed by atoms with E-state index in [9.17, 15) is 14.7 Å². The first kappa shape index (κ1) is 15.8. The molecule has 1 unspecified atom stereocenters. The van der Waals surface area contributed by atoms with Gasteiger partial charge in [0.25, 0.3) is 5.56 Å². The monoisotopic (exact) mass is 281 g/mol. The maximum atomic E-state index is 11.8. The molecule has 0 aromatic carbocycles. The molecule has 1 atom stereocenters. The summed E-state index contributed by atoms with van der Waals surface area (Å²) in [5, 5.41) is 14.8. The Morgan fingerprint density at radius 3 is 2.85 bits per heavy atom. The fourth-order valence-electron chi connectivity index (χ4n) is 1.52. The maximum absolute atomic E-state index is 11.8.